The number of carbonyl (C=O) groups is 2. The summed E-state index contributed by atoms with van der Waals surface area (Å²) in [5.74, 6) is -0.0194. The van der Waals surface area contributed by atoms with Gasteiger partial charge in [0, 0.05) is 30.1 Å². The minimum Gasteiger partial charge on any atom is -0.486 e. The zero-order valence-corrected chi connectivity index (χ0v) is 15.9. The second-order valence-corrected chi connectivity index (χ2v) is 6.38. The molecule has 3 rings (SSSR count). The van der Waals surface area contributed by atoms with Crippen molar-refractivity contribution in [3.63, 3.8) is 0 Å². The lowest BCUT2D eigenvalue weighted by Gasteiger charge is -2.11. The number of pyridine rings is 1. The van der Waals surface area contributed by atoms with E-state index in [-0.39, 0.29) is 11.8 Å². The van der Waals surface area contributed by atoms with Crippen LogP contribution in [0.5, 0.6) is 5.75 Å². The largest absolute Gasteiger partial charge is 0.486 e. The number of nitrogens with zero attached hydrogens (tertiary/aromatic N) is 1. The topological polar surface area (TPSA) is 80.3 Å². The normalized spacial score (nSPS) is 10.2. The van der Waals surface area contributed by atoms with E-state index in [1.165, 1.54) is 6.92 Å². The van der Waals surface area contributed by atoms with Crippen molar-refractivity contribution in [3.05, 3.63) is 83.1 Å². The average Bonchev–Trinajstić information content (AvgIpc) is 2.68. The summed E-state index contributed by atoms with van der Waals surface area (Å²) in [6.45, 7) is 1.70. The van der Waals surface area contributed by atoms with Gasteiger partial charge in [-0.2, -0.15) is 0 Å². The minimum absolute atomic E-state index is 0.203. The van der Waals surface area contributed by atoms with Gasteiger partial charge >= 0.3 is 0 Å². The van der Waals surface area contributed by atoms with Gasteiger partial charge in [0.25, 0.3) is 5.91 Å². The Bertz CT molecular complexity index is 993. The molecule has 28 heavy (non-hydrogen) atoms. The van der Waals surface area contributed by atoms with Crippen molar-refractivity contribution >= 4 is 34.8 Å². The molecule has 0 aliphatic heterocycles. The number of anilines is 2. The molecule has 2 amide bonds. The number of rotatable bonds is 6. The van der Waals surface area contributed by atoms with Crippen LogP contribution in [0.15, 0.2) is 66.9 Å². The van der Waals surface area contributed by atoms with E-state index < -0.39 is 0 Å². The smallest absolute Gasteiger partial charge is 0.255 e. The summed E-state index contributed by atoms with van der Waals surface area (Å²) in [5, 5.41) is 5.80. The van der Waals surface area contributed by atoms with Gasteiger partial charge in [-0.15, -0.1) is 0 Å². The van der Waals surface area contributed by atoms with Gasteiger partial charge in [-0.05, 0) is 48.5 Å². The molecule has 0 fully saturated rings. The van der Waals surface area contributed by atoms with Crippen LogP contribution in [0, 0.1) is 0 Å². The summed E-state index contributed by atoms with van der Waals surface area (Å²) >= 11 is 6.26. The Morgan fingerprint density at radius 2 is 1.82 bits per heavy atom. The number of ether oxygens (including phenoxy) is 1. The fourth-order valence-corrected chi connectivity index (χ4v) is 2.71. The lowest BCUT2D eigenvalue weighted by atomic mass is 10.2. The van der Waals surface area contributed by atoms with Crippen molar-refractivity contribution in [2.24, 2.45) is 0 Å². The molecule has 0 saturated heterocycles. The van der Waals surface area contributed by atoms with Crippen LogP contribution in [0.25, 0.3) is 0 Å². The Morgan fingerprint density at radius 3 is 2.54 bits per heavy atom. The summed E-state index contributed by atoms with van der Waals surface area (Å²) in [6, 6.07) is 17.2. The van der Waals surface area contributed by atoms with Crippen molar-refractivity contribution in [2.75, 3.05) is 10.6 Å². The van der Waals surface area contributed by atoms with E-state index in [1.807, 2.05) is 18.2 Å². The zero-order chi connectivity index (χ0) is 19.9. The standard InChI is InChI=1S/C21H18ClN3O3/c1-14(26)24-16-7-4-5-15(11-16)21(27)25-17-8-9-20(19(22)12-17)28-13-18-6-2-3-10-23-18/h2-12H,13H2,1H3,(H,24,26)(H,25,27). The Kier molecular flexibility index (Phi) is 6.24. The molecule has 6 nitrogen and oxygen atoms in total. The van der Waals surface area contributed by atoms with E-state index in [4.69, 9.17) is 16.3 Å². The number of amides is 2. The van der Waals surface area contributed by atoms with Crippen LogP contribution in [0.2, 0.25) is 5.02 Å². The highest BCUT2D eigenvalue weighted by molar-refractivity contribution is 6.32. The van der Waals surface area contributed by atoms with E-state index in [0.717, 1.165) is 5.69 Å². The number of benzene rings is 2. The van der Waals surface area contributed by atoms with Crippen molar-refractivity contribution < 1.29 is 14.3 Å². The van der Waals surface area contributed by atoms with E-state index in [9.17, 15) is 9.59 Å². The SMILES string of the molecule is CC(=O)Nc1cccc(C(=O)Nc2ccc(OCc3ccccn3)c(Cl)c2)c1. The van der Waals surface area contributed by atoms with Gasteiger partial charge in [-0.3, -0.25) is 14.6 Å². The second kappa shape index (κ2) is 9.01. The van der Waals surface area contributed by atoms with Crippen LogP contribution in [0.4, 0.5) is 11.4 Å². The summed E-state index contributed by atoms with van der Waals surface area (Å²) in [5.41, 5.74) is 2.29. The van der Waals surface area contributed by atoms with Crippen molar-refractivity contribution in [1.29, 1.82) is 0 Å². The molecule has 1 heterocycles. The average molecular weight is 396 g/mol. The predicted molar refractivity (Wildman–Crippen MR) is 109 cm³/mol. The number of halogens is 1. The van der Waals surface area contributed by atoms with Crippen LogP contribution < -0.4 is 15.4 Å². The number of hydrogen-bond acceptors (Lipinski definition) is 4. The van der Waals surface area contributed by atoms with Crippen molar-refractivity contribution in [3.8, 4) is 5.75 Å². The molecule has 0 atom stereocenters. The third kappa shape index (κ3) is 5.31. The third-order valence-electron chi connectivity index (χ3n) is 3.74. The summed E-state index contributed by atoms with van der Waals surface area (Å²) in [4.78, 5) is 27.8. The van der Waals surface area contributed by atoms with E-state index in [1.54, 1.807) is 48.7 Å². The second-order valence-electron chi connectivity index (χ2n) is 5.97. The fraction of sp³-hybridized carbons (Fsp3) is 0.0952. The van der Waals surface area contributed by atoms with Gasteiger partial charge in [0.05, 0.1) is 10.7 Å². The third-order valence-corrected chi connectivity index (χ3v) is 4.03. The molecule has 0 radical (unpaired) electrons. The van der Waals surface area contributed by atoms with Crippen LogP contribution >= 0.6 is 11.6 Å². The molecule has 142 valence electrons. The first-order chi connectivity index (χ1) is 13.5. The van der Waals surface area contributed by atoms with Gasteiger partial charge in [0.1, 0.15) is 12.4 Å². The molecule has 1 aromatic heterocycles. The predicted octanol–water partition coefficient (Wildman–Crippen LogP) is 4.52. The zero-order valence-electron chi connectivity index (χ0n) is 15.1. The monoisotopic (exact) mass is 395 g/mol. The maximum absolute atomic E-state index is 12.5. The van der Waals surface area contributed by atoms with E-state index in [2.05, 4.69) is 15.6 Å². The lowest BCUT2D eigenvalue weighted by molar-refractivity contribution is -0.114. The summed E-state index contributed by atoms with van der Waals surface area (Å²) in [6.07, 6.45) is 1.69. The van der Waals surface area contributed by atoms with Crippen molar-refractivity contribution in [1.82, 2.24) is 4.98 Å². The maximum atomic E-state index is 12.5. The van der Waals surface area contributed by atoms with Crippen molar-refractivity contribution in [2.45, 2.75) is 13.5 Å². The van der Waals surface area contributed by atoms with E-state index >= 15 is 0 Å². The quantitative estimate of drug-likeness (QED) is 0.642. The first-order valence-corrected chi connectivity index (χ1v) is 8.90. The molecule has 7 heteroatoms. The van der Waals surface area contributed by atoms with Gasteiger partial charge in [0.2, 0.25) is 5.91 Å². The molecule has 2 N–H and O–H groups in total. The van der Waals surface area contributed by atoms with Crippen LogP contribution in [-0.4, -0.2) is 16.8 Å². The van der Waals surface area contributed by atoms with E-state index in [0.29, 0.717) is 34.3 Å². The lowest BCUT2D eigenvalue weighted by Crippen LogP contribution is -2.13. The highest BCUT2D eigenvalue weighted by Crippen LogP contribution is 2.28. The van der Waals surface area contributed by atoms with Crippen LogP contribution in [0.1, 0.15) is 23.0 Å². The first kappa shape index (κ1) is 19.4. The number of carbonyl (C=O) groups excluding carboxylic acids is 2. The Labute approximate surface area is 167 Å². The Balaban J connectivity index is 1.65. The number of aromatic nitrogens is 1. The molecule has 2 aromatic carbocycles. The fourth-order valence-electron chi connectivity index (χ4n) is 2.48. The molecule has 0 unspecified atom stereocenters. The van der Waals surface area contributed by atoms with Gasteiger partial charge < -0.3 is 15.4 Å². The Hall–Kier alpha value is -3.38. The molecule has 0 spiro atoms. The molecule has 0 saturated carbocycles. The molecule has 0 bridgehead atoms. The first-order valence-electron chi connectivity index (χ1n) is 8.52. The number of nitrogens with one attached hydrogen (secondary N) is 2. The van der Waals surface area contributed by atoms with Gasteiger partial charge in [-0.1, -0.05) is 23.7 Å². The highest BCUT2D eigenvalue weighted by atomic mass is 35.5. The summed E-state index contributed by atoms with van der Waals surface area (Å²) in [7, 11) is 0. The molecular weight excluding hydrogens is 378 g/mol. The highest BCUT2D eigenvalue weighted by Gasteiger charge is 2.10. The Morgan fingerprint density at radius 1 is 1.00 bits per heavy atom. The maximum Gasteiger partial charge on any atom is 0.255 e. The van der Waals surface area contributed by atoms with Crippen LogP contribution in [-0.2, 0) is 11.4 Å². The van der Waals surface area contributed by atoms with Gasteiger partial charge in [0.15, 0.2) is 0 Å². The molecule has 3 aromatic rings. The molecular formula is C21H18ClN3O3. The minimum atomic E-state index is -0.314. The molecule has 0 aliphatic carbocycles. The van der Waals surface area contributed by atoms with Gasteiger partial charge in [-0.25, -0.2) is 0 Å². The number of hydrogen-bond donors (Lipinski definition) is 2. The summed E-state index contributed by atoms with van der Waals surface area (Å²) < 4.78 is 5.67. The van der Waals surface area contributed by atoms with Crippen LogP contribution in [0.3, 0.4) is 0 Å². The molecule has 0 aliphatic rings.